The van der Waals surface area contributed by atoms with Crippen molar-refractivity contribution >= 4 is 22.0 Å². The number of urea groups is 1. The van der Waals surface area contributed by atoms with Gasteiger partial charge in [0.1, 0.15) is 0 Å². The van der Waals surface area contributed by atoms with Crippen LogP contribution in [0.2, 0.25) is 0 Å². The number of nitrogens with one attached hydrogen (secondary N) is 2. The van der Waals surface area contributed by atoms with Gasteiger partial charge in [-0.15, -0.1) is 0 Å². The molecule has 1 fully saturated rings. The summed E-state index contributed by atoms with van der Waals surface area (Å²) in [7, 11) is -0.503. The van der Waals surface area contributed by atoms with Crippen LogP contribution in [0.5, 0.6) is 0 Å². The van der Waals surface area contributed by atoms with Crippen molar-refractivity contribution in [1.29, 1.82) is 0 Å². The van der Waals surface area contributed by atoms with Gasteiger partial charge in [-0.25, -0.2) is 17.5 Å². The van der Waals surface area contributed by atoms with Crippen LogP contribution in [-0.4, -0.2) is 62.3 Å². The summed E-state index contributed by atoms with van der Waals surface area (Å²) in [5.74, 6) is -1.68. The Morgan fingerprint density at radius 2 is 1.86 bits per heavy atom. The van der Waals surface area contributed by atoms with E-state index in [1.165, 1.54) is 14.1 Å². The van der Waals surface area contributed by atoms with E-state index in [1.54, 1.807) is 0 Å². The Balaban J connectivity index is 2.41. The molecule has 0 heterocycles. The number of carbonyl (C=O) groups excluding carboxylic acids is 1. The monoisotopic (exact) mass is 321 g/mol. The first-order chi connectivity index (χ1) is 9.74. The van der Waals surface area contributed by atoms with E-state index < -0.39 is 34.0 Å². The maximum Gasteiger partial charge on any atom is 0.315 e. The Labute approximate surface area is 124 Å². The van der Waals surface area contributed by atoms with E-state index in [0.717, 1.165) is 17.1 Å². The lowest BCUT2D eigenvalue weighted by Gasteiger charge is -2.29. The third kappa shape index (κ3) is 5.50. The molecule has 0 aromatic carbocycles. The fourth-order valence-corrected chi connectivity index (χ4v) is 3.02. The number of carbonyl (C=O) groups is 2. The van der Waals surface area contributed by atoms with E-state index >= 15 is 0 Å². The summed E-state index contributed by atoms with van der Waals surface area (Å²) in [6.07, 6.45) is 2.90. The fourth-order valence-electron chi connectivity index (χ4n) is 2.29. The second-order valence-corrected chi connectivity index (χ2v) is 7.64. The summed E-state index contributed by atoms with van der Waals surface area (Å²) in [4.78, 5) is 22.8. The van der Waals surface area contributed by atoms with Crippen molar-refractivity contribution in [1.82, 2.24) is 14.9 Å². The summed E-state index contributed by atoms with van der Waals surface area (Å²) >= 11 is 0. The highest BCUT2D eigenvalue weighted by atomic mass is 32.2. The average molecular weight is 321 g/mol. The molecular formula is C12H23N3O5S. The lowest BCUT2D eigenvalue weighted by atomic mass is 9.84. The largest absolute Gasteiger partial charge is 0.481 e. The zero-order chi connectivity index (χ0) is 16.0. The Kier molecular flexibility index (Phi) is 6.41. The topological polar surface area (TPSA) is 116 Å². The van der Waals surface area contributed by atoms with Crippen molar-refractivity contribution in [2.45, 2.75) is 31.7 Å². The highest BCUT2D eigenvalue weighted by molar-refractivity contribution is 7.89. The summed E-state index contributed by atoms with van der Waals surface area (Å²) in [6, 6.07) is -0.927. The van der Waals surface area contributed by atoms with Crippen molar-refractivity contribution in [3.05, 3.63) is 0 Å². The van der Waals surface area contributed by atoms with Crippen LogP contribution in [0.15, 0.2) is 0 Å². The fraction of sp³-hybridized carbons (Fsp3) is 0.833. The number of rotatable bonds is 6. The normalized spacial score (nSPS) is 22.8. The Morgan fingerprint density at radius 1 is 1.24 bits per heavy atom. The molecule has 0 bridgehead atoms. The molecule has 2 atom stereocenters. The molecule has 2 amide bonds. The molecular weight excluding hydrogens is 298 g/mol. The van der Waals surface area contributed by atoms with Crippen LogP contribution in [0.4, 0.5) is 4.79 Å². The minimum atomic E-state index is -3.35. The zero-order valence-electron chi connectivity index (χ0n) is 12.3. The molecule has 2 unspecified atom stereocenters. The van der Waals surface area contributed by atoms with Gasteiger partial charge in [0.05, 0.1) is 11.7 Å². The molecule has 0 radical (unpaired) electrons. The molecule has 8 nitrogen and oxygen atoms in total. The minimum Gasteiger partial charge on any atom is -0.481 e. The average Bonchev–Trinajstić information content (AvgIpc) is 2.38. The lowest BCUT2D eigenvalue weighted by Crippen LogP contribution is -2.49. The van der Waals surface area contributed by atoms with Crippen LogP contribution in [0.25, 0.3) is 0 Å². The van der Waals surface area contributed by atoms with Gasteiger partial charge in [0.25, 0.3) is 0 Å². The van der Waals surface area contributed by atoms with Crippen LogP contribution in [0.1, 0.15) is 25.7 Å². The number of hydrogen-bond donors (Lipinski definition) is 3. The van der Waals surface area contributed by atoms with Gasteiger partial charge in [-0.1, -0.05) is 12.8 Å². The van der Waals surface area contributed by atoms with Crippen molar-refractivity contribution in [3.63, 3.8) is 0 Å². The van der Waals surface area contributed by atoms with Crippen LogP contribution < -0.4 is 10.6 Å². The maximum absolute atomic E-state index is 11.7. The maximum atomic E-state index is 11.7. The predicted molar refractivity (Wildman–Crippen MR) is 77.4 cm³/mol. The van der Waals surface area contributed by atoms with Crippen molar-refractivity contribution in [2.75, 3.05) is 26.4 Å². The highest BCUT2D eigenvalue weighted by Crippen LogP contribution is 2.24. The summed E-state index contributed by atoms with van der Waals surface area (Å²) < 4.78 is 24.1. The molecule has 1 saturated carbocycles. The number of sulfonamides is 1. The predicted octanol–water partition coefficient (Wildman–Crippen LogP) is -0.180. The number of carboxylic acids is 1. The first kappa shape index (κ1) is 17.7. The second-order valence-electron chi connectivity index (χ2n) is 5.33. The van der Waals surface area contributed by atoms with E-state index in [9.17, 15) is 18.0 Å². The third-order valence-corrected chi connectivity index (χ3v) is 5.43. The molecule has 0 aliphatic heterocycles. The molecule has 1 aliphatic rings. The van der Waals surface area contributed by atoms with Gasteiger partial charge >= 0.3 is 12.0 Å². The third-order valence-electron chi connectivity index (χ3n) is 3.60. The van der Waals surface area contributed by atoms with Crippen molar-refractivity contribution in [2.24, 2.45) is 5.92 Å². The van der Waals surface area contributed by atoms with Crippen LogP contribution in [-0.2, 0) is 14.8 Å². The molecule has 21 heavy (non-hydrogen) atoms. The number of carboxylic acid groups (broad SMARTS) is 1. The number of amides is 2. The van der Waals surface area contributed by atoms with Crippen LogP contribution in [0, 0.1) is 5.92 Å². The van der Waals surface area contributed by atoms with E-state index in [2.05, 4.69) is 10.6 Å². The van der Waals surface area contributed by atoms with E-state index in [-0.39, 0.29) is 12.3 Å². The smallest absolute Gasteiger partial charge is 0.315 e. The molecule has 0 saturated heterocycles. The first-order valence-corrected chi connectivity index (χ1v) is 8.52. The summed E-state index contributed by atoms with van der Waals surface area (Å²) in [6.45, 7) is -0.0171. The van der Waals surface area contributed by atoms with Gasteiger partial charge in [0.2, 0.25) is 10.0 Å². The molecule has 0 aromatic rings. The standard InChI is InChI=1S/C12H23N3O5S/c1-15(2)21(19,20)8-7-13-12(18)14-10-6-4-3-5-9(10)11(16)17/h9-10H,3-8H2,1-2H3,(H,16,17)(H2,13,14,18). The van der Waals surface area contributed by atoms with Gasteiger partial charge in [0.15, 0.2) is 0 Å². The summed E-state index contributed by atoms with van der Waals surface area (Å²) in [5, 5.41) is 14.2. The SMILES string of the molecule is CN(C)S(=O)(=O)CCNC(=O)NC1CCCCC1C(=O)O. The van der Waals surface area contributed by atoms with Crippen molar-refractivity contribution < 1.29 is 23.1 Å². The van der Waals surface area contributed by atoms with Gasteiger partial charge in [-0.05, 0) is 12.8 Å². The Morgan fingerprint density at radius 3 is 2.43 bits per heavy atom. The molecule has 0 aromatic heterocycles. The number of nitrogens with zero attached hydrogens (tertiary/aromatic N) is 1. The number of hydrogen-bond acceptors (Lipinski definition) is 4. The quantitative estimate of drug-likeness (QED) is 0.627. The Bertz CT molecular complexity index is 477. The second kappa shape index (κ2) is 7.60. The van der Waals surface area contributed by atoms with Crippen LogP contribution >= 0.6 is 0 Å². The minimum absolute atomic E-state index is 0.0171. The molecule has 1 aliphatic carbocycles. The highest BCUT2D eigenvalue weighted by Gasteiger charge is 2.31. The van der Waals surface area contributed by atoms with Gasteiger partial charge in [0, 0.05) is 26.7 Å². The molecule has 1 rings (SSSR count). The summed E-state index contributed by atoms with van der Waals surface area (Å²) in [5.41, 5.74) is 0. The Hall–Kier alpha value is -1.35. The molecule has 3 N–H and O–H groups in total. The van der Waals surface area contributed by atoms with Crippen molar-refractivity contribution in [3.8, 4) is 0 Å². The number of aliphatic carboxylic acids is 1. The van der Waals surface area contributed by atoms with E-state index in [4.69, 9.17) is 5.11 Å². The molecule has 9 heteroatoms. The zero-order valence-corrected chi connectivity index (χ0v) is 13.1. The van der Waals surface area contributed by atoms with E-state index in [0.29, 0.717) is 12.8 Å². The van der Waals surface area contributed by atoms with Gasteiger partial charge in [-0.3, -0.25) is 4.79 Å². The lowest BCUT2D eigenvalue weighted by molar-refractivity contribution is -0.143. The van der Waals surface area contributed by atoms with Gasteiger partial charge in [-0.2, -0.15) is 0 Å². The van der Waals surface area contributed by atoms with Gasteiger partial charge < -0.3 is 15.7 Å². The molecule has 122 valence electrons. The first-order valence-electron chi connectivity index (χ1n) is 6.91. The van der Waals surface area contributed by atoms with Crippen LogP contribution in [0.3, 0.4) is 0 Å². The molecule has 0 spiro atoms. The van der Waals surface area contributed by atoms with E-state index in [1.807, 2.05) is 0 Å².